The molecule has 0 bridgehead atoms. The van der Waals surface area contributed by atoms with Crippen molar-refractivity contribution in [1.82, 2.24) is 10.9 Å². The van der Waals surface area contributed by atoms with Gasteiger partial charge >= 0.3 is 11.9 Å². The second-order valence-electron chi connectivity index (χ2n) is 6.52. The molecule has 0 unspecified atom stereocenters. The first kappa shape index (κ1) is 25.3. The van der Waals surface area contributed by atoms with Gasteiger partial charge in [-0.15, -0.1) is 0 Å². The van der Waals surface area contributed by atoms with Crippen molar-refractivity contribution in [3.63, 3.8) is 0 Å². The molecular formula is C22H22ClN3O7. The normalized spacial score (nSPS) is 10.0. The van der Waals surface area contributed by atoms with Crippen LogP contribution in [0.15, 0.2) is 48.5 Å². The number of ether oxygens (including phenoxy) is 2. The SMILES string of the molecule is CCOC(=O)c1ccc(NC(=O)CCC(=O)OCC(=O)NNC(=O)c2ccc(Cl)cc2)cc1. The van der Waals surface area contributed by atoms with Crippen LogP contribution in [-0.4, -0.2) is 42.9 Å². The first-order valence-electron chi connectivity index (χ1n) is 9.86. The average Bonchev–Trinajstić information content (AvgIpc) is 2.81. The van der Waals surface area contributed by atoms with Crippen LogP contribution >= 0.6 is 11.6 Å². The van der Waals surface area contributed by atoms with Crippen molar-refractivity contribution in [3.05, 3.63) is 64.7 Å². The number of esters is 2. The summed E-state index contributed by atoms with van der Waals surface area (Å²) in [5.41, 5.74) is 5.35. The van der Waals surface area contributed by atoms with Crippen LogP contribution in [0.1, 0.15) is 40.5 Å². The van der Waals surface area contributed by atoms with E-state index in [2.05, 4.69) is 16.2 Å². The number of anilines is 1. The molecule has 0 aliphatic carbocycles. The molecule has 0 saturated heterocycles. The molecule has 0 aliphatic rings. The van der Waals surface area contributed by atoms with Crippen molar-refractivity contribution < 1.29 is 33.4 Å². The van der Waals surface area contributed by atoms with Crippen LogP contribution in [0.25, 0.3) is 0 Å². The predicted octanol–water partition coefficient (Wildman–Crippen LogP) is 2.24. The summed E-state index contributed by atoms with van der Waals surface area (Å²) in [7, 11) is 0. The van der Waals surface area contributed by atoms with E-state index in [4.69, 9.17) is 21.1 Å². The Bertz CT molecular complexity index is 1010. The van der Waals surface area contributed by atoms with Gasteiger partial charge in [0.05, 0.1) is 18.6 Å². The number of amides is 3. The molecule has 0 atom stereocenters. The number of rotatable bonds is 9. The Labute approximate surface area is 194 Å². The third kappa shape index (κ3) is 8.99. The van der Waals surface area contributed by atoms with E-state index in [0.717, 1.165) is 0 Å². The van der Waals surface area contributed by atoms with E-state index in [1.165, 1.54) is 48.5 Å². The zero-order valence-corrected chi connectivity index (χ0v) is 18.4. The van der Waals surface area contributed by atoms with E-state index in [0.29, 0.717) is 16.3 Å². The highest BCUT2D eigenvalue weighted by Crippen LogP contribution is 2.12. The zero-order valence-electron chi connectivity index (χ0n) is 17.7. The standard InChI is InChI=1S/C22H22ClN3O7/c1-2-32-22(31)15-5-9-17(10-6-15)24-18(27)11-12-20(29)33-13-19(28)25-26-21(30)14-3-7-16(23)8-4-14/h3-10H,2,11-13H2,1H3,(H,24,27)(H,25,28)(H,26,30). The van der Waals surface area contributed by atoms with Gasteiger partial charge in [-0.2, -0.15) is 0 Å². The number of hydrogen-bond donors (Lipinski definition) is 3. The predicted molar refractivity (Wildman–Crippen MR) is 118 cm³/mol. The molecule has 2 aromatic carbocycles. The fraction of sp³-hybridized carbons (Fsp3) is 0.227. The summed E-state index contributed by atoms with van der Waals surface area (Å²) >= 11 is 5.74. The Morgan fingerprint density at radius 1 is 0.788 bits per heavy atom. The highest BCUT2D eigenvalue weighted by molar-refractivity contribution is 6.30. The number of carbonyl (C=O) groups excluding carboxylic acids is 5. The number of halogens is 1. The van der Waals surface area contributed by atoms with E-state index in [9.17, 15) is 24.0 Å². The van der Waals surface area contributed by atoms with Gasteiger partial charge in [0.25, 0.3) is 11.8 Å². The fourth-order valence-electron chi connectivity index (χ4n) is 2.40. The Morgan fingerprint density at radius 2 is 1.42 bits per heavy atom. The second kappa shape index (κ2) is 12.8. The number of carbonyl (C=O) groups is 5. The maximum atomic E-state index is 12.0. The average molecular weight is 476 g/mol. The van der Waals surface area contributed by atoms with Crippen molar-refractivity contribution in [2.24, 2.45) is 0 Å². The molecule has 11 heteroatoms. The van der Waals surface area contributed by atoms with E-state index in [-0.39, 0.29) is 25.0 Å². The minimum Gasteiger partial charge on any atom is -0.462 e. The second-order valence-corrected chi connectivity index (χ2v) is 6.95. The zero-order chi connectivity index (χ0) is 24.2. The van der Waals surface area contributed by atoms with Gasteiger partial charge in [0.1, 0.15) is 0 Å². The highest BCUT2D eigenvalue weighted by Gasteiger charge is 2.12. The molecule has 3 N–H and O–H groups in total. The molecule has 0 saturated carbocycles. The van der Waals surface area contributed by atoms with Gasteiger partial charge in [0, 0.05) is 22.7 Å². The minimum atomic E-state index is -0.762. The lowest BCUT2D eigenvalue weighted by atomic mass is 10.2. The van der Waals surface area contributed by atoms with E-state index in [1.807, 2.05) is 0 Å². The van der Waals surface area contributed by atoms with Crippen LogP contribution in [0.2, 0.25) is 5.02 Å². The Morgan fingerprint density at radius 3 is 2.06 bits per heavy atom. The third-order valence-electron chi connectivity index (χ3n) is 4.02. The third-order valence-corrected chi connectivity index (χ3v) is 4.27. The van der Waals surface area contributed by atoms with Gasteiger partial charge < -0.3 is 14.8 Å². The van der Waals surface area contributed by atoms with Crippen molar-refractivity contribution in [2.45, 2.75) is 19.8 Å². The van der Waals surface area contributed by atoms with Gasteiger partial charge in [-0.1, -0.05) is 11.6 Å². The van der Waals surface area contributed by atoms with Crippen LogP contribution in [0.4, 0.5) is 5.69 Å². The summed E-state index contributed by atoms with van der Waals surface area (Å²) in [5, 5.41) is 3.04. The van der Waals surface area contributed by atoms with Gasteiger partial charge in [-0.3, -0.25) is 30.0 Å². The van der Waals surface area contributed by atoms with Crippen molar-refractivity contribution in [2.75, 3.05) is 18.5 Å². The lowest BCUT2D eigenvalue weighted by molar-refractivity contribution is -0.149. The Hall–Kier alpha value is -3.92. The highest BCUT2D eigenvalue weighted by atomic mass is 35.5. The first-order valence-corrected chi connectivity index (χ1v) is 10.2. The van der Waals surface area contributed by atoms with Crippen molar-refractivity contribution in [3.8, 4) is 0 Å². The minimum absolute atomic E-state index is 0.173. The van der Waals surface area contributed by atoms with Crippen molar-refractivity contribution >= 4 is 46.9 Å². The number of nitrogens with one attached hydrogen (secondary N) is 3. The molecule has 0 spiro atoms. The molecule has 174 valence electrons. The molecule has 3 amide bonds. The lowest BCUT2D eigenvalue weighted by Gasteiger charge is -2.09. The summed E-state index contributed by atoms with van der Waals surface area (Å²) in [6.45, 7) is 1.33. The summed E-state index contributed by atoms with van der Waals surface area (Å²) in [6.07, 6.45) is -0.426. The maximum absolute atomic E-state index is 12.0. The molecular weight excluding hydrogens is 454 g/mol. The topological polar surface area (TPSA) is 140 Å². The molecule has 10 nitrogen and oxygen atoms in total. The number of benzene rings is 2. The van der Waals surface area contributed by atoms with Crippen LogP contribution in [0.3, 0.4) is 0 Å². The molecule has 0 radical (unpaired) electrons. The van der Waals surface area contributed by atoms with Gasteiger partial charge in [0.15, 0.2) is 6.61 Å². The van der Waals surface area contributed by atoms with Gasteiger partial charge in [-0.25, -0.2) is 4.79 Å². The monoisotopic (exact) mass is 475 g/mol. The Kier molecular flexibility index (Phi) is 9.84. The molecule has 0 fully saturated rings. The molecule has 0 heterocycles. The quantitative estimate of drug-likeness (QED) is 0.373. The number of hydrogen-bond acceptors (Lipinski definition) is 7. The largest absolute Gasteiger partial charge is 0.462 e. The van der Waals surface area contributed by atoms with E-state index >= 15 is 0 Å². The Balaban J connectivity index is 1.65. The fourth-order valence-corrected chi connectivity index (χ4v) is 2.52. The van der Waals surface area contributed by atoms with Crippen LogP contribution < -0.4 is 16.2 Å². The lowest BCUT2D eigenvalue weighted by Crippen LogP contribution is -2.43. The van der Waals surface area contributed by atoms with Crippen LogP contribution in [-0.2, 0) is 23.9 Å². The van der Waals surface area contributed by atoms with Crippen LogP contribution in [0.5, 0.6) is 0 Å². The van der Waals surface area contributed by atoms with E-state index in [1.54, 1.807) is 6.92 Å². The smallest absolute Gasteiger partial charge is 0.338 e. The summed E-state index contributed by atoms with van der Waals surface area (Å²) in [5.74, 6) is -3.00. The van der Waals surface area contributed by atoms with Crippen LogP contribution in [0, 0.1) is 0 Å². The molecule has 2 aromatic rings. The summed E-state index contributed by atoms with van der Waals surface area (Å²) in [6, 6.07) is 12.1. The van der Waals surface area contributed by atoms with Gasteiger partial charge in [0.2, 0.25) is 5.91 Å². The summed E-state index contributed by atoms with van der Waals surface area (Å²) in [4.78, 5) is 58.9. The molecule has 0 aliphatic heterocycles. The summed E-state index contributed by atoms with van der Waals surface area (Å²) < 4.78 is 9.65. The van der Waals surface area contributed by atoms with E-state index < -0.39 is 36.3 Å². The molecule has 33 heavy (non-hydrogen) atoms. The first-order chi connectivity index (χ1) is 15.8. The molecule has 2 rings (SSSR count). The van der Waals surface area contributed by atoms with Gasteiger partial charge in [-0.05, 0) is 55.5 Å². The molecule has 0 aromatic heterocycles. The maximum Gasteiger partial charge on any atom is 0.338 e. The number of hydrazine groups is 1. The van der Waals surface area contributed by atoms with Crippen molar-refractivity contribution in [1.29, 1.82) is 0 Å².